The van der Waals surface area contributed by atoms with Crippen molar-refractivity contribution >= 4 is 27.8 Å². The van der Waals surface area contributed by atoms with Crippen molar-refractivity contribution in [2.75, 3.05) is 4.90 Å². The van der Waals surface area contributed by atoms with E-state index in [1.54, 1.807) is 0 Å². The first kappa shape index (κ1) is 35.4. The number of hydrogen-bond acceptors (Lipinski definition) is 1. The second-order valence-corrected chi connectivity index (χ2v) is 15.7. The molecule has 0 unspecified atom stereocenters. The van der Waals surface area contributed by atoms with E-state index in [-0.39, 0.29) is 0 Å². The van der Waals surface area contributed by atoms with E-state index in [0.717, 1.165) is 17.1 Å². The maximum atomic E-state index is 2.44. The molecule has 0 amide bonds. The van der Waals surface area contributed by atoms with Gasteiger partial charge in [0.25, 0.3) is 0 Å². The molecule has 0 N–H and O–H groups in total. The van der Waals surface area contributed by atoms with Crippen LogP contribution in [0.2, 0.25) is 0 Å². The van der Waals surface area contributed by atoms with Gasteiger partial charge in [-0.15, -0.1) is 0 Å². The van der Waals surface area contributed by atoms with Crippen LogP contribution in [0.25, 0.3) is 55.3 Å². The number of hydrogen-bond donors (Lipinski definition) is 0. The average molecular weight is 764 g/mol. The molecule has 1 aliphatic carbocycles. The highest BCUT2D eigenvalue weighted by molar-refractivity contribution is 6.00. The fourth-order valence-corrected chi connectivity index (χ4v) is 9.61. The molecular weight excluding hydrogens is 723 g/mol. The molecule has 0 heterocycles. The van der Waals surface area contributed by atoms with E-state index < -0.39 is 5.41 Å². The van der Waals surface area contributed by atoms with Gasteiger partial charge in [0.15, 0.2) is 0 Å². The Kier molecular flexibility index (Phi) is 8.79. The van der Waals surface area contributed by atoms with Crippen LogP contribution in [-0.2, 0) is 5.41 Å². The summed E-state index contributed by atoms with van der Waals surface area (Å²) in [5, 5.41) is 2.49. The molecular formula is C59H41N. The van der Waals surface area contributed by atoms with Gasteiger partial charge in [0, 0.05) is 17.1 Å². The van der Waals surface area contributed by atoms with Crippen LogP contribution in [0.5, 0.6) is 0 Å². The maximum Gasteiger partial charge on any atom is 0.0714 e. The van der Waals surface area contributed by atoms with E-state index in [2.05, 4.69) is 254 Å². The molecule has 10 aromatic rings. The predicted octanol–water partition coefficient (Wildman–Crippen LogP) is 15.7. The zero-order valence-corrected chi connectivity index (χ0v) is 33.1. The van der Waals surface area contributed by atoms with Gasteiger partial charge in [-0.2, -0.15) is 0 Å². The lowest BCUT2D eigenvalue weighted by atomic mass is 9.67. The molecule has 0 atom stereocenters. The SMILES string of the molecule is c1ccc(-c2cc(-c3cccc(-c4ccc(N(c5ccccc5)c5ccc6c(c5)C(c5ccccc5)(c5ccccc5)c5ccccc5-6)cc4)c3)c3ccccc3c2)cc1. The van der Waals surface area contributed by atoms with E-state index in [0.29, 0.717) is 0 Å². The standard InChI is InChI=1S/C59H41N/c1-5-18-42(19-6-1)47-39-45-20-13-14-29-53(45)56(40-47)46-22-17-21-44(38-46)43-32-34-51(35-33-43)60(50-27-11-4-12-28-50)52-36-37-55-54-30-15-16-31-57(54)59(58(55)41-52,48-23-7-2-8-24-48)49-25-9-3-10-26-49/h1-41H. The quantitative estimate of drug-likeness (QED) is 0.149. The van der Waals surface area contributed by atoms with Crippen molar-refractivity contribution in [2.24, 2.45) is 0 Å². The molecule has 0 fully saturated rings. The van der Waals surface area contributed by atoms with Gasteiger partial charge in [-0.3, -0.25) is 0 Å². The van der Waals surface area contributed by atoms with Crippen LogP contribution < -0.4 is 4.90 Å². The highest BCUT2D eigenvalue weighted by Gasteiger charge is 2.46. The maximum absolute atomic E-state index is 2.44. The monoisotopic (exact) mass is 763 g/mol. The van der Waals surface area contributed by atoms with Crippen LogP contribution in [0.4, 0.5) is 17.1 Å². The Bertz CT molecular complexity index is 3080. The van der Waals surface area contributed by atoms with Gasteiger partial charge in [0.2, 0.25) is 0 Å². The average Bonchev–Trinajstić information content (AvgIpc) is 3.63. The second kappa shape index (κ2) is 14.9. The Morgan fingerprint density at radius 1 is 0.267 bits per heavy atom. The predicted molar refractivity (Wildman–Crippen MR) is 252 cm³/mol. The van der Waals surface area contributed by atoms with Crippen molar-refractivity contribution in [3.8, 4) is 44.5 Å². The molecule has 0 aliphatic heterocycles. The van der Waals surface area contributed by atoms with Gasteiger partial charge in [-0.05, 0) is 132 Å². The van der Waals surface area contributed by atoms with E-state index in [4.69, 9.17) is 0 Å². The van der Waals surface area contributed by atoms with Crippen LogP contribution in [0, 0.1) is 0 Å². The van der Waals surface area contributed by atoms with E-state index in [9.17, 15) is 0 Å². The van der Waals surface area contributed by atoms with Crippen molar-refractivity contribution < 1.29 is 0 Å². The van der Waals surface area contributed by atoms with Crippen LogP contribution in [0.1, 0.15) is 22.3 Å². The molecule has 10 aromatic carbocycles. The van der Waals surface area contributed by atoms with Crippen LogP contribution in [-0.4, -0.2) is 0 Å². The van der Waals surface area contributed by atoms with Gasteiger partial charge in [-0.25, -0.2) is 0 Å². The van der Waals surface area contributed by atoms with E-state index in [1.807, 2.05) is 0 Å². The minimum Gasteiger partial charge on any atom is -0.310 e. The minimum absolute atomic E-state index is 0.479. The summed E-state index contributed by atoms with van der Waals surface area (Å²) < 4.78 is 0. The van der Waals surface area contributed by atoms with Crippen molar-refractivity contribution in [3.63, 3.8) is 0 Å². The minimum atomic E-state index is -0.479. The third-order valence-electron chi connectivity index (χ3n) is 12.3. The molecule has 0 radical (unpaired) electrons. The molecule has 0 spiro atoms. The summed E-state index contributed by atoms with van der Waals surface area (Å²) in [5.41, 5.74) is 17.8. The lowest BCUT2D eigenvalue weighted by molar-refractivity contribution is 0.768. The second-order valence-electron chi connectivity index (χ2n) is 15.7. The largest absolute Gasteiger partial charge is 0.310 e. The fraction of sp³-hybridized carbons (Fsp3) is 0.0169. The number of rotatable bonds is 8. The summed E-state index contributed by atoms with van der Waals surface area (Å²) in [4.78, 5) is 2.39. The first-order chi connectivity index (χ1) is 29.8. The summed E-state index contributed by atoms with van der Waals surface area (Å²) in [5.74, 6) is 0. The third-order valence-corrected chi connectivity index (χ3v) is 12.3. The van der Waals surface area contributed by atoms with Crippen LogP contribution >= 0.6 is 0 Å². The summed E-state index contributed by atoms with van der Waals surface area (Å²) in [6.07, 6.45) is 0. The summed E-state index contributed by atoms with van der Waals surface area (Å²) in [6, 6.07) is 90.9. The Morgan fingerprint density at radius 3 is 1.53 bits per heavy atom. The topological polar surface area (TPSA) is 3.24 Å². The summed E-state index contributed by atoms with van der Waals surface area (Å²) in [6.45, 7) is 0. The van der Waals surface area contributed by atoms with Gasteiger partial charge in [0.05, 0.1) is 5.41 Å². The number of benzene rings is 10. The van der Waals surface area contributed by atoms with Crippen molar-refractivity contribution in [1.29, 1.82) is 0 Å². The van der Waals surface area contributed by atoms with Crippen LogP contribution in [0.15, 0.2) is 249 Å². The van der Waals surface area contributed by atoms with E-state index in [1.165, 1.54) is 77.5 Å². The lowest BCUT2D eigenvalue weighted by Crippen LogP contribution is -2.28. The normalized spacial score (nSPS) is 12.5. The number of nitrogens with zero attached hydrogens (tertiary/aromatic N) is 1. The molecule has 1 aliphatic rings. The number of anilines is 3. The molecule has 11 rings (SSSR count). The van der Waals surface area contributed by atoms with Crippen LogP contribution in [0.3, 0.4) is 0 Å². The molecule has 1 nitrogen and oxygen atoms in total. The Balaban J connectivity index is 1.02. The van der Waals surface area contributed by atoms with Crippen molar-refractivity contribution in [1.82, 2.24) is 0 Å². The Hall–Kier alpha value is -7.74. The molecule has 60 heavy (non-hydrogen) atoms. The number of para-hydroxylation sites is 1. The fourth-order valence-electron chi connectivity index (χ4n) is 9.61. The lowest BCUT2D eigenvalue weighted by Gasteiger charge is -2.35. The van der Waals surface area contributed by atoms with Crippen molar-refractivity contribution in [3.05, 3.63) is 271 Å². The highest BCUT2D eigenvalue weighted by Crippen LogP contribution is 2.57. The molecule has 0 aromatic heterocycles. The molecule has 0 saturated carbocycles. The first-order valence-corrected chi connectivity index (χ1v) is 20.8. The van der Waals surface area contributed by atoms with E-state index >= 15 is 0 Å². The Labute approximate surface area is 352 Å². The van der Waals surface area contributed by atoms with Gasteiger partial charge < -0.3 is 4.90 Å². The van der Waals surface area contributed by atoms with Gasteiger partial charge in [0.1, 0.15) is 0 Å². The van der Waals surface area contributed by atoms with Crippen molar-refractivity contribution in [2.45, 2.75) is 5.41 Å². The van der Waals surface area contributed by atoms with Gasteiger partial charge >= 0.3 is 0 Å². The molecule has 282 valence electrons. The first-order valence-electron chi connectivity index (χ1n) is 20.8. The zero-order valence-electron chi connectivity index (χ0n) is 33.1. The summed E-state index contributed by atoms with van der Waals surface area (Å²) in [7, 11) is 0. The third kappa shape index (κ3) is 5.94. The smallest absolute Gasteiger partial charge is 0.0714 e. The number of fused-ring (bicyclic) bond motifs is 4. The summed E-state index contributed by atoms with van der Waals surface area (Å²) >= 11 is 0. The zero-order chi connectivity index (χ0) is 39.9. The Morgan fingerprint density at radius 2 is 0.800 bits per heavy atom. The van der Waals surface area contributed by atoms with Gasteiger partial charge in [-0.1, -0.05) is 194 Å². The molecule has 0 bridgehead atoms. The molecule has 1 heteroatoms. The molecule has 0 saturated heterocycles. The highest BCUT2D eigenvalue weighted by atomic mass is 15.1.